The number of carbonyl (C=O) groups excluding carboxylic acids is 2. The first kappa shape index (κ1) is 33.0. The van der Waals surface area contributed by atoms with Gasteiger partial charge in [-0.2, -0.15) is 0 Å². The molecule has 0 saturated carbocycles. The molecule has 0 spiro atoms. The van der Waals surface area contributed by atoms with Crippen LogP contribution >= 0.6 is 46.4 Å². The monoisotopic (exact) mass is 657 g/mol. The molecule has 7 nitrogen and oxygen atoms in total. The van der Waals surface area contributed by atoms with Gasteiger partial charge in [-0.15, -0.1) is 0 Å². The van der Waals surface area contributed by atoms with E-state index in [1.54, 1.807) is 43.3 Å². The largest absolute Gasteiger partial charge is 0.350 e. The fourth-order valence-corrected chi connectivity index (χ4v) is 6.46. The number of anilines is 1. The minimum absolute atomic E-state index is 0.0284. The van der Waals surface area contributed by atoms with Gasteiger partial charge in [0.1, 0.15) is 12.6 Å². The SMILES string of the molecule is CC[C@@H](C(=O)NC(C)(C)C)N(Cc1ccc(Cl)c(Cl)c1)C(=O)CN(c1ccc(Cl)cc1Cl)S(=O)(=O)c1ccccc1. The second-order valence-electron chi connectivity index (χ2n) is 10.4. The van der Waals surface area contributed by atoms with Crippen LogP contribution in [0.4, 0.5) is 5.69 Å². The number of nitrogens with one attached hydrogen (secondary N) is 1. The van der Waals surface area contributed by atoms with E-state index in [0.29, 0.717) is 15.6 Å². The Labute approximate surface area is 261 Å². The van der Waals surface area contributed by atoms with Gasteiger partial charge < -0.3 is 10.2 Å². The van der Waals surface area contributed by atoms with E-state index in [9.17, 15) is 18.0 Å². The molecule has 1 N–H and O–H groups in total. The Morgan fingerprint density at radius 3 is 2.10 bits per heavy atom. The van der Waals surface area contributed by atoms with E-state index in [1.807, 2.05) is 20.8 Å². The van der Waals surface area contributed by atoms with Crippen LogP contribution in [0.1, 0.15) is 39.7 Å². The summed E-state index contributed by atoms with van der Waals surface area (Å²) in [5, 5.41) is 3.88. The Balaban J connectivity index is 2.11. The van der Waals surface area contributed by atoms with Gasteiger partial charge in [-0.05, 0) is 75.2 Å². The first-order valence-corrected chi connectivity index (χ1v) is 15.7. The molecule has 12 heteroatoms. The number of carbonyl (C=O) groups is 2. The Morgan fingerprint density at radius 1 is 0.878 bits per heavy atom. The number of rotatable bonds is 10. The molecule has 0 bridgehead atoms. The first-order valence-electron chi connectivity index (χ1n) is 12.7. The molecular weight excluding hydrogens is 628 g/mol. The molecule has 220 valence electrons. The third-order valence-electron chi connectivity index (χ3n) is 6.01. The highest BCUT2D eigenvalue weighted by molar-refractivity contribution is 7.92. The highest BCUT2D eigenvalue weighted by Crippen LogP contribution is 2.33. The molecule has 0 fully saturated rings. The minimum Gasteiger partial charge on any atom is -0.350 e. The van der Waals surface area contributed by atoms with Crippen LogP contribution < -0.4 is 9.62 Å². The molecule has 2 amide bonds. The van der Waals surface area contributed by atoms with Crippen LogP contribution in [0.5, 0.6) is 0 Å². The van der Waals surface area contributed by atoms with Gasteiger partial charge >= 0.3 is 0 Å². The quantitative estimate of drug-likeness (QED) is 0.249. The lowest BCUT2D eigenvalue weighted by molar-refractivity contribution is -0.141. The number of benzene rings is 3. The van der Waals surface area contributed by atoms with E-state index in [1.165, 1.54) is 35.2 Å². The van der Waals surface area contributed by atoms with Crippen molar-refractivity contribution in [2.45, 2.75) is 57.1 Å². The van der Waals surface area contributed by atoms with E-state index in [0.717, 1.165) is 4.31 Å². The standard InChI is InChI=1S/C29H31Cl4N3O4S/c1-5-25(28(38)34-29(2,3)4)35(17-19-11-13-22(31)23(32)15-19)27(37)18-36(26-14-12-20(30)16-24(26)33)41(39,40)21-9-7-6-8-10-21/h6-16,25H,5,17-18H2,1-4H3,(H,34,38)/t25-/m0/s1. The molecular formula is C29H31Cl4N3O4S. The number of hydrogen-bond acceptors (Lipinski definition) is 4. The topological polar surface area (TPSA) is 86.8 Å². The van der Waals surface area contributed by atoms with Crippen molar-refractivity contribution in [2.75, 3.05) is 10.8 Å². The first-order chi connectivity index (χ1) is 19.1. The molecule has 0 aliphatic rings. The Hall–Kier alpha value is -2.49. The van der Waals surface area contributed by atoms with E-state index < -0.39 is 34.1 Å². The maximum Gasteiger partial charge on any atom is 0.264 e. The van der Waals surface area contributed by atoms with Gasteiger partial charge in [-0.1, -0.05) is 77.6 Å². The van der Waals surface area contributed by atoms with E-state index in [-0.39, 0.29) is 39.5 Å². The highest BCUT2D eigenvalue weighted by atomic mass is 35.5. The summed E-state index contributed by atoms with van der Waals surface area (Å²) in [6, 6.07) is 16.0. The predicted octanol–water partition coefficient (Wildman–Crippen LogP) is 7.22. The second kappa shape index (κ2) is 13.7. The van der Waals surface area contributed by atoms with Crippen molar-refractivity contribution < 1.29 is 18.0 Å². The molecule has 41 heavy (non-hydrogen) atoms. The van der Waals surface area contributed by atoms with Crippen molar-refractivity contribution in [3.63, 3.8) is 0 Å². The van der Waals surface area contributed by atoms with Gasteiger partial charge in [0.15, 0.2) is 0 Å². The Bertz CT molecular complexity index is 1510. The second-order valence-corrected chi connectivity index (χ2v) is 13.9. The molecule has 3 aromatic rings. The van der Waals surface area contributed by atoms with Crippen LogP contribution in [0.2, 0.25) is 20.1 Å². The lowest BCUT2D eigenvalue weighted by atomic mass is 10.1. The molecule has 0 aromatic heterocycles. The van der Waals surface area contributed by atoms with Crippen LogP contribution in [0.25, 0.3) is 0 Å². The summed E-state index contributed by atoms with van der Waals surface area (Å²) < 4.78 is 28.7. The van der Waals surface area contributed by atoms with Gasteiger partial charge in [0.2, 0.25) is 11.8 Å². The van der Waals surface area contributed by atoms with Crippen LogP contribution in [0.3, 0.4) is 0 Å². The molecule has 1 atom stereocenters. The van der Waals surface area contributed by atoms with Gasteiger partial charge in [0, 0.05) is 17.1 Å². The van der Waals surface area contributed by atoms with Crippen LogP contribution in [0, 0.1) is 0 Å². The summed E-state index contributed by atoms with van der Waals surface area (Å²) in [6.07, 6.45) is 0.266. The minimum atomic E-state index is -4.27. The summed E-state index contributed by atoms with van der Waals surface area (Å²) in [7, 11) is -4.27. The molecule has 0 aliphatic heterocycles. The zero-order valence-corrected chi connectivity index (χ0v) is 26.8. The average molecular weight is 659 g/mol. The van der Waals surface area contributed by atoms with Crippen molar-refractivity contribution in [3.8, 4) is 0 Å². The Morgan fingerprint density at radius 2 is 1.54 bits per heavy atom. The fourth-order valence-electron chi connectivity index (χ4n) is 4.12. The maximum atomic E-state index is 14.1. The van der Waals surface area contributed by atoms with Crippen molar-refractivity contribution in [1.82, 2.24) is 10.2 Å². The summed E-state index contributed by atoms with van der Waals surface area (Å²) in [4.78, 5) is 28.8. The summed E-state index contributed by atoms with van der Waals surface area (Å²) in [6.45, 7) is 6.60. The maximum absolute atomic E-state index is 14.1. The summed E-state index contributed by atoms with van der Waals surface area (Å²) in [5.41, 5.74) is 0.106. The van der Waals surface area contributed by atoms with Crippen LogP contribution in [-0.2, 0) is 26.2 Å². The van der Waals surface area contributed by atoms with Gasteiger partial charge in [-0.25, -0.2) is 8.42 Å². The van der Waals surface area contributed by atoms with Gasteiger partial charge in [-0.3, -0.25) is 13.9 Å². The summed E-state index contributed by atoms with van der Waals surface area (Å²) >= 11 is 24.9. The van der Waals surface area contributed by atoms with E-state index >= 15 is 0 Å². The van der Waals surface area contributed by atoms with Gasteiger partial charge in [0.25, 0.3) is 10.0 Å². The molecule has 0 aliphatic carbocycles. The lowest BCUT2D eigenvalue weighted by Gasteiger charge is -2.35. The summed E-state index contributed by atoms with van der Waals surface area (Å²) in [5.74, 6) is -1.01. The molecule has 3 rings (SSSR count). The normalized spacial score (nSPS) is 12.5. The number of sulfonamides is 1. The van der Waals surface area contributed by atoms with Crippen molar-refractivity contribution >= 4 is 73.9 Å². The van der Waals surface area contributed by atoms with Crippen LogP contribution in [0.15, 0.2) is 71.6 Å². The number of hydrogen-bond donors (Lipinski definition) is 1. The molecule has 0 radical (unpaired) electrons. The molecule has 0 unspecified atom stereocenters. The fraction of sp³-hybridized carbons (Fsp3) is 0.310. The van der Waals surface area contributed by atoms with Crippen molar-refractivity contribution in [3.05, 3.63) is 92.4 Å². The number of amides is 2. The zero-order valence-electron chi connectivity index (χ0n) is 23.0. The number of nitrogens with zero attached hydrogens (tertiary/aromatic N) is 2. The van der Waals surface area contributed by atoms with Gasteiger partial charge in [0.05, 0.1) is 25.7 Å². The zero-order chi connectivity index (χ0) is 30.5. The predicted molar refractivity (Wildman–Crippen MR) is 166 cm³/mol. The third kappa shape index (κ3) is 8.52. The average Bonchev–Trinajstić information content (AvgIpc) is 2.89. The third-order valence-corrected chi connectivity index (χ3v) is 9.06. The lowest BCUT2D eigenvalue weighted by Crippen LogP contribution is -2.55. The Kier molecular flexibility index (Phi) is 11.0. The highest BCUT2D eigenvalue weighted by Gasteiger charge is 2.35. The van der Waals surface area contributed by atoms with Crippen molar-refractivity contribution in [1.29, 1.82) is 0 Å². The van der Waals surface area contributed by atoms with Crippen LogP contribution in [-0.4, -0.2) is 43.3 Å². The van der Waals surface area contributed by atoms with E-state index in [2.05, 4.69) is 5.32 Å². The number of halogens is 4. The van der Waals surface area contributed by atoms with E-state index in [4.69, 9.17) is 46.4 Å². The molecule has 0 saturated heterocycles. The molecule has 0 heterocycles. The van der Waals surface area contributed by atoms with Crippen molar-refractivity contribution in [2.24, 2.45) is 0 Å². The smallest absolute Gasteiger partial charge is 0.264 e. The molecule has 3 aromatic carbocycles.